The number of alkyl halides is 2. The van der Waals surface area contributed by atoms with E-state index in [2.05, 4.69) is 0 Å². The minimum absolute atomic E-state index is 0.0869. The van der Waals surface area contributed by atoms with Gasteiger partial charge in [-0.05, 0) is 37.1 Å². The van der Waals surface area contributed by atoms with Crippen molar-refractivity contribution in [2.45, 2.75) is 51.1 Å². The first-order valence-corrected chi connectivity index (χ1v) is 6.68. The van der Waals surface area contributed by atoms with Crippen LogP contribution in [0.4, 0.5) is 8.78 Å². The summed E-state index contributed by atoms with van der Waals surface area (Å²) in [6.45, 7) is 1.81. The van der Waals surface area contributed by atoms with Crippen LogP contribution in [-0.2, 0) is 0 Å². The zero-order valence-corrected chi connectivity index (χ0v) is 11.0. The summed E-state index contributed by atoms with van der Waals surface area (Å²) in [4.78, 5) is 11.5. The third kappa shape index (κ3) is 3.75. The molecule has 19 heavy (non-hydrogen) atoms. The fraction of sp³-hybridized carbons (Fsp3) is 0.533. The second-order valence-electron chi connectivity index (χ2n) is 4.97. The van der Waals surface area contributed by atoms with Crippen molar-refractivity contribution >= 4 is 5.78 Å². The molecule has 0 atom stereocenters. The van der Waals surface area contributed by atoms with Gasteiger partial charge >= 0.3 is 0 Å². The van der Waals surface area contributed by atoms with Gasteiger partial charge in [0.05, 0.1) is 6.10 Å². The Kier molecular flexibility index (Phi) is 4.17. The fourth-order valence-electron chi connectivity index (χ4n) is 2.25. The van der Waals surface area contributed by atoms with Crippen molar-refractivity contribution in [2.24, 2.45) is 0 Å². The lowest BCUT2D eigenvalue weighted by atomic mass is 9.94. The van der Waals surface area contributed by atoms with E-state index in [0.717, 1.165) is 0 Å². The van der Waals surface area contributed by atoms with E-state index in [1.54, 1.807) is 24.3 Å². The lowest BCUT2D eigenvalue weighted by Crippen LogP contribution is -2.30. The highest BCUT2D eigenvalue weighted by Crippen LogP contribution is 2.34. The van der Waals surface area contributed by atoms with Crippen LogP contribution in [0, 0.1) is 0 Å². The third-order valence-electron chi connectivity index (χ3n) is 3.46. The SMILES string of the molecule is CCC(=O)c1ccc(OC2CCC(F)(F)CC2)cc1. The number of rotatable bonds is 4. The van der Waals surface area contributed by atoms with Gasteiger partial charge in [-0.15, -0.1) is 0 Å². The van der Waals surface area contributed by atoms with E-state index >= 15 is 0 Å². The number of hydrogen-bond acceptors (Lipinski definition) is 2. The highest BCUT2D eigenvalue weighted by atomic mass is 19.3. The lowest BCUT2D eigenvalue weighted by molar-refractivity contribution is -0.0582. The maximum atomic E-state index is 13.0. The maximum Gasteiger partial charge on any atom is 0.248 e. The summed E-state index contributed by atoms with van der Waals surface area (Å²) in [6, 6.07) is 6.91. The number of halogens is 2. The summed E-state index contributed by atoms with van der Waals surface area (Å²) < 4.78 is 31.7. The van der Waals surface area contributed by atoms with Crippen LogP contribution in [0.3, 0.4) is 0 Å². The van der Waals surface area contributed by atoms with Crippen molar-refractivity contribution < 1.29 is 18.3 Å². The van der Waals surface area contributed by atoms with Crippen LogP contribution in [0.25, 0.3) is 0 Å². The number of carbonyl (C=O) groups is 1. The largest absolute Gasteiger partial charge is 0.490 e. The molecule has 0 unspecified atom stereocenters. The molecule has 0 saturated heterocycles. The Morgan fingerprint density at radius 3 is 2.37 bits per heavy atom. The van der Waals surface area contributed by atoms with Crippen molar-refractivity contribution in [1.29, 1.82) is 0 Å². The summed E-state index contributed by atoms with van der Waals surface area (Å²) in [5.41, 5.74) is 0.657. The zero-order valence-electron chi connectivity index (χ0n) is 11.0. The van der Waals surface area contributed by atoms with Gasteiger partial charge in [0.25, 0.3) is 0 Å². The van der Waals surface area contributed by atoms with Crippen molar-refractivity contribution in [3.8, 4) is 5.75 Å². The average Bonchev–Trinajstić information content (AvgIpc) is 2.41. The summed E-state index contributed by atoms with van der Waals surface area (Å²) in [7, 11) is 0. The standard InChI is InChI=1S/C15H18F2O2/c1-2-14(18)11-3-5-12(6-4-11)19-13-7-9-15(16,17)10-8-13/h3-6,13H,2,7-10H2,1H3. The van der Waals surface area contributed by atoms with Gasteiger partial charge in [-0.2, -0.15) is 0 Å². The molecule has 104 valence electrons. The number of ketones is 1. The average molecular weight is 268 g/mol. The van der Waals surface area contributed by atoms with Gasteiger partial charge in [0.2, 0.25) is 5.92 Å². The molecule has 0 N–H and O–H groups in total. The molecule has 0 spiro atoms. The molecule has 0 bridgehead atoms. The van der Waals surface area contributed by atoms with Crippen LogP contribution < -0.4 is 4.74 Å². The topological polar surface area (TPSA) is 26.3 Å². The summed E-state index contributed by atoms with van der Waals surface area (Å²) in [6.07, 6.45) is 0.865. The molecule has 0 aliphatic heterocycles. The molecule has 4 heteroatoms. The van der Waals surface area contributed by atoms with E-state index in [4.69, 9.17) is 4.74 Å². The first kappa shape index (κ1) is 14.0. The van der Waals surface area contributed by atoms with Crippen LogP contribution in [0.15, 0.2) is 24.3 Å². The normalized spacial score (nSPS) is 19.1. The van der Waals surface area contributed by atoms with Gasteiger partial charge in [0.1, 0.15) is 5.75 Å². The Morgan fingerprint density at radius 2 is 1.84 bits per heavy atom. The third-order valence-corrected chi connectivity index (χ3v) is 3.46. The molecule has 0 amide bonds. The minimum Gasteiger partial charge on any atom is -0.490 e. The quantitative estimate of drug-likeness (QED) is 0.764. The molecule has 1 saturated carbocycles. The van der Waals surface area contributed by atoms with Gasteiger partial charge < -0.3 is 4.74 Å². The zero-order chi connectivity index (χ0) is 13.9. The van der Waals surface area contributed by atoms with E-state index in [9.17, 15) is 13.6 Å². The Hall–Kier alpha value is -1.45. The van der Waals surface area contributed by atoms with E-state index in [-0.39, 0.29) is 24.7 Å². The Morgan fingerprint density at radius 1 is 1.26 bits per heavy atom. The predicted molar refractivity (Wildman–Crippen MR) is 68.9 cm³/mol. The van der Waals surface area contributed by atoms with Gasteiger partial charge in [0.15, 0.2) is 5.78 Å². The Bertz CT molecular complexity index is 430. The van der Waals surface area contributed by atoms with Crippen LogP contribution in [-0.4, -0.2) is 17.8 Å². The van der Waals surface area contributed by atoms with Crippen LogP contribution in [0.1, 0.15) is 49.4 Å². The summed E-state index contributed by atoms with van der Waals surface area (Å²) >= 11 is 0. The first-order valence-electron chi connectivity index (χ1n) is 6.68. The number of Topliss-reactive ketones (excluding diaryl/α,β-unsaturated/α-hetero) is 1. The van der Waals surface area contributed by atoms with Crippen molar-refractivity contribution in [3.05, 3.63) is 29.8 Å². The Labute approximate surface area is 111 Å². The van der Waals surface area contributed by atoms with Crippen molar-refractivity contribution in [3.63, 3.8) is 0 Å². The first-order chi connectivity index (χ1) is 9.00. The van der Waals surface area contributed by atoms with E-state index < -0.39 is 5.92 Å². The number of carbonyl (C=O) groups excluding carboxylic acids is 1. The highest BCUT2D eigenvalue weighted by molar-refractivity contribution is 5.95. The molecule has 1 aliphatic rings. The predicted octanol–water partition coefficient (Wildman–Crippen LogP) is 4.24. The molecular formula is C15H18F2O2. The number of benzene rings is 1. The maximum absolute atomic E-state index is 13.0. The molecule has 2 rings (SSSR count). The van der Waals surface area contributed by atoms with Crippen LogP contribution >= 0.6 is 0 Å². The smallest absolute Gasteiger partial charge is 0.248 e. The van der Waals surface area contributed by atoms with Crippen LogP contribution in [0.2, 0.25) is 0 Å². The molecule has 0 radical (unpaired) electrons. The lowest BCUT2D eigenvalue weighted by Gasteiger charge is -2.28. The molecule has 1 aromatic rings. The van der Waals surface area contributed by atoms with Gasteiger partial charge in [-0.3, -0.25) is 4.79 Å². The van der Waals surface area contributed by atoms with E-state index in [0.29, 0.717) is 30.6 Å². The Balaban J connectivity index is 1.92. The van der Waals surface area contributed by atoms with Gasteiger partial charge in [-0.25, -0.2) is 8.78 Å². The van der Waals surface area contributed by atoms with Gasteiger partial charge in [0, 0.05) is 24.8 Å². The van der Waals surface area contributed by atoms with E-state index in [1.807, 2.05) is 6.92 Å². The number of ether oxygens (including phenoxy) is 1. The molecule has 1 aromatic carbocycles. The molecule has 0 aromatic heterocycles. The summed E-state index contributed by atoms with van der Waals surface area (Å²) in [5.74, 6) is -1.80. The molecule has 0 heterocycles. The fourth-order valence-corrected chi connectivity index (χ4v) is 2.25. The molecular weight excluding hydrogens is 250 g/mol. The van der Waals surface area contributed by atoms with Crippen molar-refractivity contribution in [1.82, 2.24) is 0 Å². The molecule has 1 aliphatic carbocycles. The monoisotopic (exact) mass is 268 g/mol. The second kappa shape index (κ2) is 5.68. The summed E-state index contributed by atoms with van der Waals surface area (Å²) in [5, 5.41) is 0. The van der Waals surface area contributed by atoms with E-state index in [1.165, 1.54) is 0 Å². The highest BCUT2D eigenvalue weighted by Gasteiger charge is 2.35. The van der Waals surface area contributed by atoms with Crippen LogP contribution in [0.5, 0.6) is 5.75 Å². The number of hydrogen-bond donors (Lipinski definition) is 0. The second-order valence-corrected chi connectivity index (χ2v) is 4.97. The van der Waals surface area contributed by atoms with Crippen molar-refractivity contribution in [2.75, 3.05) is 0 Å². The molecule has 2 nitrogen and oxygen atoms in total. The molecule has 1 fully saturated rings. The van der Waals surface area contributed by atoms with Gasteiger partial charge in [-0.1, -0.05) is 6.92 Å². The minimum atomic E-state index is -2.53.